The molecule has 1 saturated heterocycles. The number of piperidine rings is 1. The van der Waals surface area contributed by atoms with Crippen molar-refractivity contribution >= 4 is 0 Å². The first-order valence-corrected chi connectivity index (χ1v) is 9.46. The molecular weight excluding hydrogens is 282 g/mol. The minimum Gasteiger partial charge on any atom is -0.396 e. The zero-order valence-corrected chi connectivity index (χ0v) is 14.9. The third kappa shape index (κ3) is 3.97. The lowest BCUT2D eigenvalue weighted by molar-refractivity contribution is -0.0595. The Kier molecular flexibility index (Phi) is 5.43. The minimum atomic E-state index is 0.348. The average Bonchev–Trinajstić information content (AvgIpc) is 2.56. The van der Waals surface area contributed by atoms with E-state index in [0.717, 1.165) is 11.8 Å². The maximum Gasteiger partial charge on any atom is 0.0464 e. The molecule has 2 aliphatic rings. The summed E-state index contributed by atoms with van der Waals surface area (Å²) in [6, 6.07) is 11.0. The van der Waals surface area contributed by atoms with E-state index < -0.39 is 0 Å². The molecule has 1 aromatic carbocycles. The van der Waals surface area contributed by atoms with E-state index in [1.54, 1.807) is 0 Å². The van der Waals surface area contributed by atoms with Crippen molar-refractivity contribution in [1.82, 2.24) is 4.90 Å². The number of hydrogen-bond donors (Lipinski definition) is 1. The number of aliphatic hydroxyl groups is 1. The normalized spacial score (nSPS) is 28.5. The smallest absolute Gasteiger partial charge is 0.0464 e. The molecule has 0 radical (unpaired) electrons. The first kappa shape index (κ1) is 17.0. The fourth-order valence-corrected chi connectivity index (χ4v) is 4.62. The molecule has 1 saturated carbocycles. The quantitative estimate of drug-likeness (QED) is 0.858. The standard InChI is InChI=1S/C21H33NO/c1-21(2)19(15-20(21)16-23)10-13-22-11-8-18(9-12-22)14-17-6-4-3-5-7-17/h3-7,18-20,23H,8-16H2,1-2H3/t19-,20-/m0/s1. The topological polar surface area (TPSA) is 23.5 Å². The maximum atomic E-state index is 9.40. The van der Waals surface area contributed by atoms with Crippen LogP contribution in [0.5, 0.6) is 0 Å². The van der Waals surface area contributed by atoms with Crippen LogP contribution in [0.15, 0.2) is 30.3 Å². The summed E-state index contributed by atoms with van der Waals surface area (Å²) in [5.41, 5.74) is 1.85. The van der Waals surface area contributed by atoms with Crippen molar-refractivity contribution in [3.8, 4) is 0 Å². The van der Waals surface area contributed by atoms with E-state index in [1.807, 2.05) is 0 Å². The van der Waals surface area contributed by atoms with Crippen LogP contribution in [0.25, 0.3) is 0 Å². The molecule has 2 heteroatoms. The fourth-order valence-electron chi connectivity index (χ4n) is 4.62. The first-order valence-electron chi connectivity index (χ1n) is 9.46. The molecule has 0 aromatic heterocycles. The Morgan fingerprint density at radius 3 is 2.39 bits per heavy atom. The highest BCUT2D eigenvalue weighted by Crippen LogP contribution is 2.52. The molecule has 0 amide bonds. The van der Waals surface area contributed by atoms with Crippen LogP contribution in [0.4, 0.5) is 0 Å². The van der Waals surface area contributed by atoms with E-state index in [-0.39, 0.29) is 0 Å². The van der Waals surface area contributed by atoms with E-state index in [1.165, 1.54) is 57.3 Å². The molecular formula is C21H33NO. The van der Waals surface area contributed by atoms with Crippen molar-refractivity contribution in [2.45, 2.75) is 46.0 Å². The zero-order valence-electron chi connectivity index (χ0n) is 14.9. The summed E-state index contributed by atoms with van der Waals surface area (Å²) in [6.07, 6.45) is 6.49. The second kappa shape index (κ2) is 7.36. The van der Waals surface area contributed by atoms with Crippen molar-refractivity contribution in [3.63, 3.8) is 0 Å². The summed E-state index contributed by atoms with van der Waals surface area (Å²) >= 11 is 0. The van der Waals surface area contributed by atoms with Crippen molar-refractivity contribution in [2.75, 3.05) is 26.2 Å². The van der Waals surface area contributed by atoms with Gasteiger partial charge in [0.1, 0.15) is 0 Å². The number of nitrogens with zero attached hydrogens (tertiary/aromatic N) is 1. The summed E-state index contributed by atoms with van der Waals surface area (Å²) in [7, 11) is 0. The van der Waals surface area contributed by atoms with E-state index in [0.29, 0.717) is 17.9 Å². The Morgan fingerprint density at radius 2 is 1.78 bits per heavy atom. The van der Waals surface area contributed by atoms with Gasteiger partial charge in [0.2, 0.25) is 0 Å². The number of rotatable bonds is 6. The van der Waals surface area contributed by atoms with Gasteiger partial charge in [-0.15, -0.1) is 0 Å². The van der Waals surface area contributed by atoms with Crippen LogP contribution < -0.4 is 0 Å². The van der Waals surface area contributed by atoms with Crippen LogP contribution in [0.1, 0.15) is 45.1 Å². The van der Waals surface area contributed by atoms with Crippen molar-refractivity contribution in [2.24, 2.45) is 23.2 Å². The second-order valence-corrected chi connectivity index (χ2v) is 8.40. The molecule has 1 aliphatic heterocycles. The molecule has 1 heterocycles. The molecule has 23 heavy (non-hydrogen) atoms. The SMILES string of the molecule is CC1(C)[C@H](CO)C[C@@H]1CCN1CCC(Cc2ccccc2)CC1. The van der Waals surface area contributed by atoms with Crippen LogP contribution in [-0.4, -0.2) is 36.2 Å². The lowest BCUT2D eigenvalue weighted by Gasteiger charge is -2.52. The van der Waals surface area contributed by atoms with Gasteiger partial charge in [-0.3, -0.25) is 0 Å². The van der Waals surface area contributed by atoms with E-state index in [2.05, 4.69) is 49.1 Å². The number of aliphatic hydroxyl groups excluding tert-OH is 1. The predicted octanol–water partition coefficient (Wildman–Crippen LogP) is 3.99. The zero-order chi connectivity index (χ0) is 16.3. The lowest BCUT2D eigenvalue weighted by Crippen LogP contribution is -2.48. The van der Waals surface area contributed by atoms with Gasteiger partial charge >= 0.3 is 0 Å². The molecule has 1 aromatic rings. The lowest BCUT2D eigenvalue weighted by atomic mass is 9.54. The number of hydrogen-bond acceptors (Lipinski definition) is 2. The minimum absolute atomic E-state index is 0.348. The molecule has 3 rings (SSSR count). The highest BCUT2D eigenvalue weighted by molar-refractivity contribution is 5.15. The third-order valence-corrected chi connectivity index (χ3v) is 6.76. The van der Waals surface area contributed by atoms with Crippen LogP contribution in [0.3, 0.4) is 0 Å². The molecule has 1 N–H and O–H groups in total. The van der Waals surface area contributed by atoms with E-state index >= 15 is 0 Å². The van der Waals surface area contributed by atoms with Gasteiger partial charge in [0.15, 0.2) is 0 Å². The highest BCUT2D eigenvalue weighted by atomic mass is 16.3. The Bertz CT molecular complexity index is 476. The fraction of sp³-hybridized carbons (Fsp3) is 0.714. The van der Waals surface area contributed by atoms with Crippen LogP contribution >= 0.6 is 0 Å². The molecule has 2 fully saturated rings. The van der Waals surface area contributed by atoms with Gasteiger partial charge in [0.25, 0.3) is 0 Å². The van der Waals surface area contributed by atoms with Gasteiger partial charge in [0.05, 0.1) is 0 Å². The molecule has 1 aliphatic carbocycles. The molecule has 2 atom stereocenters. The average molecular weight is 316 g/mol. The van der Waals surface area contributed by atoms with Gasteiger partial charge < -0.3 is 10.0 Å². The molecule has 128 valence electrons. The van der Waals surface area contributed by atoms with Crippen LogP contribution in [-0.2, 0) is 6.42 Å². The maximum absolute atomic E-state index is 9.40. The Balaban J connectivity index is 1.37. The molecule has 0 spiro atoms. The highest BCUT2D eigenvalue weighted by Gasteiger charge is 2.46. The summed E-state index contributed by atoms with van der Waals surface area (Å²) in [4.78, 5) is 2.67. The first-order chi connectivity index (χ1) is 11.1. The number of benzene rings is 1. The monoisotopic (exact) mass is 315 g/mol. The Labute approximate surface area is 141 Å². The van der Waals surface area contributed by atoms with Crippen molar-refractivity contribution in [1.29, 1.82) is 0 Å². The Morgan fingerprint density at radius 1 is 1.09 bits per heavy atom. The van der Waals surface area contributed by atoms with Gasteiger partial charge in [-0.05, 0) is 80.5 Å². The second-order valence-electron chi connectivity index (χ2n) is 8.40. The Hall–Kier alpha value is -0.860. The van der Waals surface area contributed by atoms with Gasteiger partial charge in [-0.25, -0.2) is 0 Å². The predicted molar refractivity (Wildman–Crippen MR) is 96.4 cm³/mol. The van der Waals surface area contributed by atoms with Gasteiger partial charge in [-0.2, -0.15) is 0 Å². The molecule has 0 unspecified atom stereocenters. The molecule has 2 nitrogen and oxygen atoms in total. The van der Waals surface area contributed by atoms with Crippen molar-refractivity contribution < 1.29 is 5.11 Å². The summed E-state index contributed by atoms with van der Waals surface area (Å²) in [6.45, 7) is 8.85. The summed E-state index contributed by atoms with van der Waals surface area (Å²) in [5, 5.41) is 9.40. The summed E-state index contributed by atoms with van der Waals surface area (Å²) < 4.78 is 0. The van der Waals surface area contributed by atoms with E-state index in [9.17, 15) is 5.11 Å². The molecule has 0 bridgehead atoms. The number of likely N-dealkylation sites (tertiary alicyclic amines) is 1. The van der Waals surface area contributed by atoms with Crippen LogP contribution in [0.2, 0.25) is 0 Å². The van der Waals surface area contributed by atoms with Gasteiger partial charge in [-0.1, -0.05) is 44.2 Å². The van der Waals surface area contributed by atoms with E-state index in [4.69, 9.17) is 0 Å². The van der Waals surface area contributed by atoms with Gasteiger partial charge in [0, 0.05) is 6.61 Å². The third-order valence-electron chi connectivity index (χ3n) is 6.76. The largest absolute Gasteiger partial charge is 0.396 e. The summed E-state index contributed by atoms with van der Waals surface area (Å²) in [5.74, 6) is 2.21. The van der Waals surface area contributed by atoms with Crippen molar-refractivity contribution in [3.05, 3.63) is 35.9 Å². The van der Waals surface area contributed by atoms with Crippen LogP contribution in [0, 0.1) is 23.2 Å².